The summed E-state index contributed by atoms with van der Waals surface area (Å²) in [5, 5.41) is 10.1. The van der Waals surface area contributed by atoms with Crippen molar-refractivity contribution in [3.05, 3.63) is 85.4 Å². The van der Waals surface area contributed by atoms with Crippen LogP contribution < -0.4 is 10.3 Å². The number of hydrogen-bond donors (Lipinski definition) is 0. The summed E-state index contributed by atoms with van der Waals surface area (Å²) in [6.45, 7) is 2.03. The van der Waals surface area contributed by atoms with Gasteiger partial charge in [-0.3, -0.25) is 14.5 Å². The van der Waals surface area contributed by atoms with Gasteiger partial charge in [-0.25, -0.2) is 4.39 Å². The molecule has 1 aliphatic rings. The number of carbonyl (C=O) groups is 1. The number of amides is 1. The van der Waals surface area contributed by atoms with Crippen LogP contribution in [0.15, 0.2) is 51.7 Å². The van der Waals surface area contributed by atoms with Gasteiger partial charge in [0.15, 0.2) is 5.43 Å². The van der Waals surface area contributed by atoms with Crippen LogP contribution in [0.5, 0.6) is 0 Å². The maximum Gasteiger partial charge on any atom is 0.297 e. The predicted octanol–water partition coefficient (Wildman–Crippen LogP) is 5.14. The third-order valence-electron chi connectivity index (χ3n) is 5.12. The predicted molar refractivity (Wildman–Crippen MR) is 116 cm³/mol. The Hall–Kier alpha value is -3.10. The lowest BCUT2D eigenvalue weighted by molar-refractivity contribution is 0.0970. The van der Waals surface area contributed by atoms with Crippen LogP contribution in [0.1, 0.15) is 46.1 Å². The number of rotatable bonds is 4. The Labute approximate surface area is 184 Å². The lowest BCUT2D eigenvalue weighted by Gasteiger charge is -2.22. The number of carbonyl (C=O) groups excluding carboxylic acids is 1. The number of halogens is 2. The molecule has 1 aliphatic heterocycles. The molecule has 1 atom stereocenters. The van der Waals surface area contributed by atoms with Gasteiger partial charge in [-0.15, -0.1) is 10.2 Å². The van der Waals surface area contributed by atoms with Gasteiger partial charge in [0.1, 0.15) is 16.4 Å². The van der Waals surface area contributed by atoms with Gasteiger partial charge >= 0.3 is 0 Å². The molecular weight excluding hydrogens is 441 g/mol. The first-order valence-electron chi connectivity index (χ1n) is 9.65. The van der Waals surface area contributed by atoms with Crippen LogP contribution in [-0.2, 0) is 6.42 Å². The second kappa shape index (κ2) is 7.55. The highest BCUT2D eigenvalue weighted by molar-refractivity contribution is 7.15. The van der Waals surface area contributed by atoms with Gasteiger partial charge in [0.2, 0.25) is 10.9 Å². The summed E-state index contributed by atoms with van der Waals surface area (Å²) in [7, 11) is 0. The van der Waals surface area contributed by atoms with Crippen LogP contribution in [0.2, 0.25) is 5.02 Å². The molecule has 0 spiro atoms. The molecule has 0 radical (unpaired) electrons. The van der Waals surface area contributed by atoms with Crippen LogP contribution in [0.4, 0.5) is 9.52 Å². The summed E-state index contributed by atoms with van der Waals surface area (Å²) in [6, 6.07) is 9.74. The van der Waals surface area contributed by atoms with Crippen molar-refractivity contribution in [2.45, 2.75) is 25.8 Å². The number of aryl methyl sites for hydroxylation is 1. The van der Waals surface area contributed by atoms with Gasteiger partial charge in [0.05, 0.1) is 17.0 Å². The van der Waals surface area contributed by atoms with Crippen LogP contribution in [0, 0.1) is 5.82 Å². The first-order chi connectivity index (χ1) is 15.0. The molecule has 6 nitrogen and oxygen atoms in total. The maximum atomic E-state index is 13.8. The second-order valence-corrected chi connectivity index (χ2v) is 8.65. The fourth-order valence-electron chi connectivity index (χ4n) is 3.79. The Balaban J connectivity index is 1.78. The third kappa shape index (κ3) is 3.23. The van der Waals surface area contributed by atoms with Crippen molar-refractivity contribution < 1.29 is 13.6 Å². The van der Waals surface area contributed by atoms with Gasteiger partial charge in [-0.2, -0.15) is 0 Å². The van der Waals surface area contributed by atoms with Crippen LogP contribution in [-0.4, -0.2) is 16.1 Å². The molecule has 9 heteroatoms. The highest BCUT2D eigenvalue weighted by Crippen LogP contribution is 2.42. The van der Waals surface area contributed by atoms with E-state index in [0.717, 1.165) is 23.9 Å². The molecule has 156 valence electrons. The fourth-order valence-corrected chi connectivity index (χ4v) is 4.96. The van der Waals surface area contributed by atoms with Crippen molar-refractivity contribution in [2.24, 2.45) is 0 Å². The molecule has 2 aromatic carbocycles. The number of benzene rings is 2. The standard InChI is InChI=1S/C22H15ClFN3O3S/c1-2-4-16-25-26-22(31-16)27-18(11-5-3-6-12(23)9-11)17-19(28)14-10-13(24)7-8-15(14)30-20(17)21(27)29/h3,5-10,18H,2,4H2,1H3. The Bertz CT molecular complexity index is 1400. The van der Waals surface area contributed by atoms with Gasteiger partial charge < -0.3 is 4.42 Å². The number of nitrogens with zero attached hydrogens (tertiary/aromatic N) is 3. The minimum absolute atomic E-state index is 0.0735. The van der Waals surface area contributed by atoms with E-state index >= 15 is 0 Å². The quantitative estimate of drug-likeness (QED) is 0.426. The summed E-state index contributed by atoms with van der Waals surface area (Å²) in [5.41, 5.74) is 0.441. The molecule has 1 amide bonds. The van der Waals surface area contributed by atoms with Crippen molar-refractivity contribution in [2.75, 3.05) is 4.90 Å². The van der Waals surface area contributed by atoms with Crippen LogP contribution in [0.25, 0.3) is 11.0 Å². The summed E-state index contributed by atoms with van der Waals surface area (Å²) >= 11 is 7.49. The molecule has 0 saturated heterocycles. The molecule has 0 saturated carbocycles. The van der Waals surface area contributed by atoms with Gasteiger partial charge in [0.25, 0.3) is 5.91 Å². The number of anilines is 1. The van der Waals surface area contributed by atoms with Gasteiger partial charge in [-0.05, 0) is 42.3 Å². The third-order valence-corrected chi connectivity index (χ3v) is 6.34. The Morgan fingerprint density at radius 2 is 2.03 bits per heavy atom. The van der Waals surface area contributed by atoms with Crippen molar-refractivity contribution >= 4 is 44.9 Å². The molecule has 5 rings (SSSR count). The van der Waals surface area contributed by atoms with Crippen molar-refractivity contribution in [1.82, 2.24) is 10.2 Å². The van der Waals surface area contributed by atoms with Crippen molar-refractivity contribution in [3.63, 3.8) is 0 Å². The van der Waals surface area contributed by atoms with Crippen molar-refractivity contribution in [1.29, 1.82) is 0 Å². The molecule has 2 aromatic heterocycles. The monoisotopic (exact) mass is 455 g/mol. The first kappa shape index (κ1) is 19.8. The fraction of sp³-hybridized carbons (Fsp3) is 0.182. The summed E-state index contributed by atoms with van der Waals surface area (Å²) < 4.78 is 19.6. The smallest absolute Gasteiger partial charge is 0.297 e. The molecule has 1 unspecified atom stereocenters. The van der Waals surface area contributed by atoms with E-state index in [1.165, 1.54) is 28.4 Å². The van der Waals surface area contributed by atoms with Gasteiger partial charge in [0, 0.05) is 11.4 Å². The minimum Gasteiger partial charge on any atom is -0.450 e. The Morgan fingerprint density at radius 1 is 1.19 bits per heavy atom. The average molecular weight is 456 g/mol. The number of fused-ring (bicyclic) bond motifs is 2. The summed E-state index contributed by atoms with van der Waals surface area (Å²) in [6.07, 6.45) is 1.62. The van der Waals surface area contributed by atoms with E-state index in [0.29, 0.717) is 15.7 Å². The highest BCUT2D eigenvalue weighted by Gasteiger charge is 2.45. The van der Waals surface area contributed by atoms with E-state index in [2.05, 4.69) is 10.2 Å². The van der Waals surface area contributed by atoms with E-state index < -0.39 is 23.2 Å². The molecule has 31 heavy (non-hydrogen) atoms. The molecule has 0 N–H and O–H groups in total. The average Bonchev–Trinajstić information content (AvgIpc) is 3.31. The SMILES string of the molecule is CCCc1nnc(N2C(=O)c3oc4ccc(F)cc4c(=O)c3C2c2cccc(Cl)c2)s1. The molecule has 0 bridgehead atoms. The largest absolute Gasteiger partial charge is 0.450 e. The van der Waals surface area contributed by atoms with Crippen LogP contribution >= 0.6 is 22.9 Å². The summed E-state index contributed by atoms with van der Waals surface area (Å²) in [4.78, 5) is 28.2. The molecule has 4 aromatic rings. The normalized spacial score (nSPS) is 15.6. The van der Waals surface area contributed by atoms with Crippen molar-refractivity contribution in [3.8, 4) is 0 Å². The Kier molecular flexibility index (Phi) is 4.83. The van der Waals surface area contributed by atoms with Gasteiger partial charge in [-0.1, -0.05) is 42.0 Å². The number of aromatic nitrogens is 2. The van der Waals surface area contributed by atoms with E-state index in [4.69, 9.17) is 16.0 Å². The molecule has 0 aliphatic carbocycles. The zero-order chi connectivity index (χ0) is 21.7. The zero-order valence-corrected chi connectivity index (χ0v) is 17.8. The highest BCUT2D eigenvalue weighted by atomic mass is 35.5. The molecule has 0 fully saturated rings. The summed E-state index contributed by atoms with van der Waals surface area (Å²) in [5.74, 6) is -1.14. The maximum absolute atomic E-state index is 13.8. The van der Waals surface area contributed by atoms with E-state index in [1.54, 1.807) is 24.3 Å². The number of hydrogen-bond acceptors (Lipinski definition) is 6. The molecule has 3 heterocycles. The molecular formula is C22H15ClFN3O3S. The first-order valence-corrected chi connectivity index (χ1v) is 10.8. The zero-order valence-electron chi connectivity index (χ0n) is 16.3. The minimum atomic E-state index is -0.812. The second-order valence-electron chi connectivity index (χ2n) is 7.18. The lowest BCUT2D eigenvalue weighted by atomic mass is 9.99. The topological polar surface area (TPSA) is 76.3 Å². The van der Waals surface area contributed by atoms with E-state index in [9.17, 15) is 14.0 Å². The Morgan fingerprint density at radius 3 is 2.81 bits per heavy atom. The van der Waals surface area contributed by atoms with E-state index in [-0.39, 0.29) is 22.3 Å². The van der Waals surface area contributed by atoms with Crippen LogP contribution in [0.3, 0.4) is 0 Å². The lowest BCUT2D eigenvalue weighted by Crippen LogP contribution is -2.29. The van der Waals surface area contributed by atoms with E-state index in [1.807, 2.05) is 6.92 Å².